The van der Waals surface area contributed by atoms with E-state index in [1.807, 2.05) is 24.3 Å². The topological polar surface area (TPSA) is 49.9 Å². The van der Waals surface area contributed by atoms with Crippen LogP contribution >= 0.6 is 0 Å². The van der Waals surface area contributed by atoms with Crippen molar-refractivity contribution in [2.75, 3.05) is 7.11 Å². The predicted molar refractivity (Wildman–Crippen MR) is 71.6 cm³/mol. The summed E-state index contributed by atoms with van der Waals surface area (Å²) in [5.41, 5.74) is 2.33. The minimum atomic E-state index is 0.379. The second-order valence-corrected chi connectivity index (χ2v) is 4.38. The first-order valence-corrected chi connectivity index (χ1v) is 6.13. The molecular weight excluding hydrogens is 226 g/mol. The van der Waals surface area contributed by atoms with E-state index in [2.05, 4.69) is 28.5 Å². The smallest absolute Gasteiger partial charge is 0.122 e. The molecule has 1 aromatic heterocycles. The molecule has 1 atom stereocenters. The maximum absolute atomic E-state index is 5.35. The lowest BCUT2D eigenvalue weighted by Gasteiger charge is -2.15. The van der Waals surface area contributed by atoms with Crippen molar-refractivity contribution < 1.29 is 4.74 Å². The zero-order valence-electron chi connectivity index (χ0n) is 10.8. The second kappa shape index (κ2) is 6.21. The standard InChI is InChI=1S/C14H19N3O/c1-11(15-10-13-7-8-16-17-13)9-12-5-3-4-6-14(12)18-2/h3-8,11,15H,9-10H2,1-2H3,(H,16,17). The summed E-state index contributed by atoms with van der Waals surface area (Å²) in [5, 5.41) is 10.3. The van der Waals surface area contributed by atoms with Gasteiger partial charge in [0.05, 0.1) is 7.11 Å². The van der Waals surface area contributed by atoms with Crippen molar-refractivity contribution >= 4 is 0 Å². The average molecular weight is 245 g/mol. The molecule has 0 aliphatic carbocycles. The molecule has 1 heterocycles. The summed E-state index contributed by atoms with van der Waals surface area (Å²) in [6, 6.07) is 10.5. The number of nitrogens with zero attached hydrogens (tertiary/aromatic N) is 1. The summed E-state index contributed by atoms with van der Waals surface area (Å²) in [6.45, 7) is 2.97. The van der Waals surface area contributed by atoms with E-state index in [4.69, 9.17) is 4.74 Å². The highest BCUT2D eigenvalue weighted by Gasteiger charge is 2.07. The third-order valence-corrected chi connectivity index (χ3v) is 2.92. The van der Waals surface area contributed by atoms with Gasteiger partial charge in [-0.25, -0.2) is 0 Å². The molecule has 0 aliphatic rings. The van der Waals surface area contributed by atoms with Crippen molar-refractivity contribution in [2.24, 2.45) is 0 Å². The third-order valence-electron chi connectivity index (χ3n) is 2.92. The van der Waals surface area contributed by atoms with Gasteiger partial charge in [0.15, 0.2) is 0 Å². The highest BCUT2D eigenvalue weighted by molar-refractivity contribution is 5.33. The van der Waals surface area contributed by atoms with E-state index in [1.54, 1.807) is 13.3 Å². The summed E-state index contributed by atoms with van der Waals surface area (Å²) in [5.74, 6) is 0.952. The van der Waals surface area contributed by atoms with E-state index < -0.39 is 0 Å². The Morgan fingerprint density at radius 1 is 1.33 bits per heavy atom. The van der Waals surface area contributed by atoms with E-state index in [0.717, 1.165) is 24.4 Å². The normalized spacial score (nSPS) is 12.3. The Morgan fingerprint density at radius 3 is 2.89 bits per heavy atom. The van der Waals surface area contributed by atoms with Crippen molar-refractivity contribution in [2.45, 2.75) is 25.9 Å². The zero-order valence-corrected chi connectivity index (χ0v) is 10.8. The molecule has 96 valence electrons. The zero-order chi connectivity index (χ0) is 12.8. The molecule has 0 aliphatic heterocycles. The molecule has 0 spiro atoms. The maximum Gasteiger partial charge on any atom is 0.122 e. The van der Waals surface area contributed by atoms with Crippen molar-refractivity contribution in [3.05, 3.63) is 47.8 Å². The molecule has 2 rings (SSSR count). The number of methoxy groups -OCH3 is 1. The quantitative estimate of drug-likeness (QED) is 0.819. The fraction of sp³-hybridized carbons (Fsp3) is 0.357. The molecule has 0 radical (unpaired) electrons. The van der Waals surface area contributed by atoms with E-state index in [9.17, 15) is 0 Å². The SMILES string of the molecule is COc1ccccc1CC(C)NCc1ccn[nH]1. The number of benzene rings is 1. The first-order valence-electron chi connectivity index (χ1n) is 6.13. The van der Waals surface area contributed by atoms with Gasteiger partial charge in [-0.1, -0.05) is 18.2 Å². The molecule has 0 amide bonds. The van der Waals surface area contributed by atoms with Gasteiger partial charge in [-0.3, -0.25) is 5.10 Å². The van der Waals surface area contributed by atoms with Gasteiger partial charge in [0.25, 0.3) is 0 Å². The van der Waals surface area contributed by atoms with Gasteiger partial charge in [0.1, 0.15) is 5.75 Å². The molecule has 0 saturated heterocycles. The fourth-order valence-corrected chi connectivity index (χ4v) is 1.94. The van der Waals surface area contributed by atoms with Crippen molar-refractivity contribution in [1.82, 2.24) is 15.5 Å². The lowest BCUT2D eigenvalue weighted by atomic mass is 10.1. The fourth-order valence-electron chi connectivity index (χ4n) is 1.94. The Labute approximate surface area is 107 Å². The van der Waals surface area contributed by atoms with Crippen LogP contribution in [0.5, 0.6) is 5.75 Å². The minimum Gasteiger partial charge on any atom is -0.496 e. The van der Waals surface area contributed by atoms with Gasteiger partial charge in [0.2, 0.25) is 0 Å². The summed E-state index contributed by atoms with van der Waals surface area (Å²) >= 11 is 0. The largest absolute Gasteiger partial charge is 0.496 e. The lowest BCUT2D eigenvalue weighted by Crippen LogP contribution is -2.27. The molecule has 2 N–H and O–H groups in total. The van der Waals surface area contributed by atoms with Crippen LogP contribution in [0.15, 0.2) is 36.5 Å². The highest BCUT2D eigenvalue weighted by atomic mass is 16.5. The van der Waals surface area contributed by atoms with Crippen LogP contribution in [-0.4, -0.2) is 23.3 Å². The summed E-state index contributed by atoms with van der Waals surface area (Å²) in [7, 11) is 1.71. The van der Waals surface area contributed by atoms with Gasteiger partial charge < -0.3 is 10.1 Å². The average Bonchev–Trinajstić information content (AvgIpc) is 2.90. The summed E-state index contributed by atoms with van der Waals surface area (Å²) in [6.07, 6.45) is 2.71. The number of rotatable bonds is 6. The Bertz CT molecular complexity index is 468. The van der Waals surface area contributed by atoms with Crippen LogP contribution in [0.25, 0.3) is 0 Å². The predicted octanol–water partition coefficient (Wildman–Crippen LogP) is 2.14. The Kier molecular flexibility index (Phi) is 4.36. The van der Waals surface area contributed by atoms with Gasteiger partial charge in [-0.2, -0.15) is 5.10 Å². The minimum absolute atomic E-state index is 0.379. The third kappa shape index (κ3) is 3.34. The van der Waals surface area contributed by atoms with Crippen LogP contribution in [0, 0.1) is 0 Å². The summed E-state index contributed by atoms with van der Waals surface area (Å²) < 4.78 is 5.35. The van der Waals surface area contributed by atoms with E-state index >= 15 is 0 Å². The number of nitrogens with one attached hydrogen (secondary N) is 2. The van der Waals surface area contributed by atoms with Crippen LogP contribution in [0.1, 0.15) is 18.2 Å². The maximum atomic E-state index is 5.35. The number of H-pyrrole nitrogens is 1. The number of hydrogen-bond donors (Lipinski definition) is 2. The number of ether oxygens (including phenoxy) is 1. The Hall–Kier alpha value is -1.81. The van der Waals surface area contributed by atoms with Crippen molar-refractivity contribution in [1.29, 1.82) is 0 Å². The molecule has 4 nitrogen and oxygen atoms in total. The first-order chi connectivity index (χ1) is 8.79. The number of aromatic nitrogens is 2. The Morgan fingerprint density at radius 2 is 2.17 bits per heavy atom. The monoisotopic (exact) mass is 245 g/mol. The van der Waals surface area contributed by atoms with Crippen LogP contribution in [-0.2, 0) is 13.0 Å². The molecule has 1 unspecified atom stereocenters. The summed E-state index contributed by atoms with van der Waals surface area (Å²) in [4.78, 5) is 0. The van der Waals surface area contributed by atoms with Crippen molar-refractivity contribution in [3.63, 3.8) is 0 Å². The first kappa shape index (κ1) is 12.6. The van der Waals surface area contributed by atoms with E-state index in [0.29, 0.717) is 6.04 Å². The van der Waals surface area contributed by atoms with Crippen LogP contribution in [0.2, 0.25) is 0 Å². The number of para-hydroxylation sites is 1. The molecule has 0 fully saturated rings. The Balaban J connectivity index is 1.88. The van der Waals surface area contributed by atoms with Gasteiger partial charge in [0, 0.05) is 24.5 Å². The van der Waals surface area contributed by atoms with E-state index in [1.165, 1.54) is 5.56 Å². The van der Waals surface area contributed by atoms with Crippen LogP contribution in [0.3, 0.4) is 0 Å². The number of hydrogen-bond acceptors (Lipinski definition) is 3. The highest BCUT2D eigenvalue weighted by Crippen LogP contribution is 2.18. The molecule has 0 saturated carbocycles. The second-order valence-electron chi connectivity index (χ2n) is 4.38. The lowest BCUT2D eigenvalue weighted by molar-refractivity contribution is 0.406. The van der Waals surface area contributed by atoms with Gasteiger partial charge >= 0.3 is 0 Å². The van der Waals surface area contributed by atoms with Crippen LogP contribution in [0.4, 0.5) is 0 Å². The molecule has 1 aromatic carbocycles. The van der Waals surface area contributed by atoms with Crippen LogP contribution < -0.4 is 10.1 Å². The molecule has 18 heavy (non-hydrogen) atoms. The number of aromatic amines is 1. The molecule has 2 aromatic rings. The van der Waals surface area contributed by atoms with Gasteiger partial charge in [-0.15, -0.1) is 0 Å². The van der Waals surface area contributed by atoms with E-state index in [-0.39, 0.29) is 0 Å². The molecule has 4 heteroatoms. The molecular formula is C14H19N3O. The molecule has 0 bridgehead atoms. The van der Waals surface area contributed by atoms with Gasteiger partial charge in [-0.05, 0) is 31.0 Å². The van der Waals surface area contributed by atoms with Crippen molar-refractivity contribution in [3.8, 4) is 5.75 Å².